The van der Waals surface area contributed by atoms with E-state index >= 15 is 0 Å². The number of aryl methyl sites for hydroxylation is 2. The van der Waals surface area contributed by atoms with E-state index in [2.05, 4.69) is 374 Å². The minimum atomic E-state index is -1.66. The Balaban J connectivity index is 0.000000200. The topological polar surface area (TPSA) is 111 Å². The molecule has 0 radical (unpaired) electrons. The molecule has 4 heterocycles. The normalized spacial score (nSPS) is 19.3. The lowest BCUT2D eigenvalue weighted by atomic mass is 9.73. The molecule has 0 atom stereocenters. The summed E-state index contributed by atoms with van der Waals surface area (Å²) in [6.45, 7) is 61.7. The molecule has 13 rings (SSSR count). The zero-order chi connectivity index (χ0) is 89.3. The van der Waals surface area contributed by atoms with Crippen molar-refractivity contribution < 1.29 is 54.3 Å². The van der Waals surface area contributed by atoms with Crippen molar-refractivity contribution in [2.24, 2.45) is 28.6 Å². The van der Waals surface area contributed by atoms with Crippen molar-refractivity contribution in [3.05, 3.63) is 289 Å². The maximum absolute atomic E-state index is 6.66. The fourth-order valence-corrected chi connectivity index (χ4v) is 21.1. The Labute approximate surface area is 746 Å². The van der Waals surface area contributed by atoms with Gasteiger partial charge in [0.2, 0.25) is 0 Å². The first kappa shape index (κ1) is 97.0. The highest BCUT2D eigenvalue weighted by molar-refractivity contribution is 7.43. The van der Waals surface area contributed by atoms with Gasteiger partial charge in [0, 0.05) is 63.0 Å². The first-order chi connectivity index (χ1) is 57.9. The molecule has 664 valence electrons. The molecule has 9 aromatic rings. The van der Waals surface area contributed by atoms with Crippen LogP contribution in [0.15, 0.2) is 194 Å². The van der Waals surface area contributed by atoms with E-state index in [-0.39, 0.29) is 43.3 Å². The largest absolute Gasteiger partial charge is 0.462 e. The van der Waals surface area contributed by atoms with Crippen molar-refractivity contribution in [2.45, 2.75) is 269 Å². The van der Waals surface area contributed by atoms with Gasteiger partial charge in [-0.25, -0.2) is 0 Å². The fraction of sp³-hybridized carbons (Fsp3) is 0.495. The summed E-state index contributed by atoms with van der Waals surface area (Å²) in [6, 6.07) is 69.8. The van der Waals surface area contributed by atoms with Crippen LogP contribution in [0.3, 0.4) is 0 Å². The maximum Gasteiger partial charge on any atom is 0.462 e. The van der Waals surface area contributed by atoms with E-state index in [1.165, 1.54) is 83.5 Å². The summed E-state index contributed by atoms with van der Waals surface area (Å²) < 4.78 is 76.1. The van der Waals surface area contributed by atoms with E-state index in [9.17, 15) is 0 Å². The summed E-state index contributed by atoms with van der Waals surface area (Å²) in [5.41, 5.74) is 20.1. The van der Waals surface area contributed by atoms with Crippen LogP contribution in [-0.4, -0.2) is 46.8 Å². The Hall–Kier alpha value is -6.58. The standard InChI is InChI=1S/C53H58O6P2.C30H45O3P.C24H41O3P/c1-50(2,42-24-13-8-14-25-42)45-30-32-48(41(34-45)23-19-22-40-20-11-7-12-21-40)58-60-54-36-53(37-55-60)38-56-61(57-39-53)59-49-33-31-46(51(3,4)43-26-15-9-16-27-43)35-47(49)52(5,6)44-28-17-10-18-29-44;1-19(2)12-21-14-23-18-24-15-22(13-20(3)4)17-26(30(8,9)10)28(24)33-34(31-11)32-27(23)25(16-21)29(5,6)7;1-11-24(10)15-25-28(26-16-24)27-21-19(22(4,5)6)13-18(12-17(2)3)14-20(21)23(7,8)9/h7-18,20-21,24-35H,19,22-23,36-39H2,1-6H3;14-17,19-20H,12-13,18H2,1-11H3;13-14,17H,11-12,15-16H2,1-10H3. The van der Waals surface area contributed by atoms with E-state index in [0.29, 0.717) is 57.4 Å². The van der Waals surface area contributed by atoms with E-state index in [1.54, 1.807) is 7.11 Å². The highest BCUT2D eigenvalue weighted by atomic mass is 31.2. The minimum absolute atomic E-state index is 0.0224. The molecule has 0 aliphatic carbocycles. The molecular weight excluding hydrogens is 1600 g/mol. The number of hydrogen-bond acceptors (Lipinski definition) is 12. The Kier molecular flexibility index (Phi) is 32.2. The number of rotatable bonds is 24. The molecule has 3 saturated heterocycles. The van der Waals surface area contributed by atoms with Gasteiger partial charge in [0.25, 0.3) is 0 Å². The predicted molar refractivity (Wildman–Crippen MR) is 514 cm³/mol. The van der Waals surface area contributed by atoms with E-state index < -0.39 is 39.8 Å². The summed E-state index contributed by atoms with van der Waals surface area (Å²) in [6.07, 6.45) is 7.88. The molecule has 3 fully saturated rings. The summed E-state index contributed by atoms with van der Waals surface area (Å²) in [5, 5.41) is 0. The van der Waals surface area contributed by atoms with Crippen LogP contribution in [0.4, 0.5) is 0 Å². The van der Waals surface area contributed by atoms with Gasteiger partial charge >= 0.3 is 34.4 Å². The zero-order valence-corrected chi connectivity index (χ0v) is 82.9. The van der Waals surface area contributed by atoms with E-state index in [4.69, 9.17) is 54.3 Å². The Morgan fingerprint density at radius 3 is 1.11 bits per heavy atom. The highest BCUT2D eigenvalue weighted by Gasteiger charge is 2.47. The van der Waals surface area contributed by atoms with Crippen molar-refractivity contribution in [2.75, 3.05) is 46.8 Å². The molecule has 0 bridgehead atoms. The van der Waals surface area contributed by atoms with Crippen molar-refractivity contribution >= 4 is 34.4 Å². The van der Waals surface area contributed by atoms with Gasteiger partial charge in [-0.2, -0.15) is 0 Å². The monoisotopic (exact) mass is 1740 g/mol. The van der Waals surface area contributed by atoms with Crippen LogP contribution in [0.2, 0.25) is 0 Å². The summed E-state index contributed by atoms with van der Waals surface area (Å²) in [4.78, 5) is 0. The molecule has 16 heteroatoms. The second-order valence-electron chi connectivity index (χ2n) is 41.9. The molecule has 0 aromatic heterocycles. The van der Waals surface area contributed by atoms with E-state index in [0.717, 1.165) is 91.2 Å². The van der Waals surface area contributed by atoms with Crippen molar-refractivity contribution in [1.29, 1.82) is 0 Å². The van der Waals surface area contributed by atoms with Crippen molar-refractivity contribution in [3.63, 3.8) is 0 Å². The molecule has 0 N–H and O–H groups in total. The Morgan fingerprint density at radius 2 is 0.707 bits per heavy atom. The number of fused-ring (bicyclic) bond motifs is 2. The average molecular weight is 1750 g/mol. The van der Waals surface area contributed by atoms with Gasteiger partial charge in [0.05, 0.1) is 45.1 Å². The summed E-state index contributed by atoms with van der Waals surface area (Å²) in [7, 11) is -4.52. The number of benzene rings is 9. The quantitative estimate of drug-likeness (QED) is 0.0537. The smallest absolute Gasteiger partial charge is 0.426 e. The lowest BCUT2D eigenvalue weighted by Crippen LogP contribution is -2.45. The molecule has 123 heavy (non-hydrogen) atoms. The molecule has 0 saturated carbocycles. The van der Waals surface area contributed by atoms with Crippen LogP contribution < -0.4 is 22.6 Å². The van der Waals surface area contributed by atoms with E-state index in [1.807, 2.05) is 0 Å². The molecule has 4 aliphatic heterocycles. The Bertz CT molecular complexity index is 4780. The molecule has 9 aromatic carbocycles. The van der Waals surface area contributed by atoms with Crippen LogP contribution in [0.5, 0.6) is 28.7 Å². The van der Waals surface area contributed by atoms with Crippen LogP contribution in [0.1, 0.15) is 287 Å². The highest BCUT2D eigenvalue weighted by Crippen LogP contribution is 2.58. The van der Waals surface area contributed by atoms with Gasteiger partial charge in [-0.3, -0.25) is 4.52 Å². The summed E-state index contributed by atoms with van der Waals surface area (Å²) >= 11 is 0. The van der Waals surface area contributed by atoms with Crippen LogP contribution >= 0.6 is 34.4 Å². The fourth-order valence-electron chi connectivity index (χ4n) is 16.3. The van der Waals surface area contributed by atoms with Gasteiger partial charge in [-0.05, 0) is 163 Å². The van der Waals surface area contributed by atoms with Crippen LogP contribution in [0, 0.1) is 28.6 Å². The second-order valence-corrected chi connectivity index (χ2v) is 46.6. The van der Waals surface area contributed by atoms with Gasteiger partial charge < -0.3 is 49.8 Å². The van der Waals surface area contributed by atoms with Gasteiger partial charge in [0.15, 0.2) is 0 Å². The van der Waals surface area contributed by atoms with Gasteiger partial charge in [-0.1, -0.05) is 362 Å². The first-order valence-electron chi connectivity index (χ1n) is 44.8. The van der Waals surface area contributed by atoms with Crippen LogP contribution in [-0.2, 0) is 108 Å². The molecule has 4 aliphatic rings. The van der Waals surface area contributed by atoms with Gasteiger partial charge in [0.1, 0.15) is 28.7 Å². The molecule has 1 spiro atoms. The summed E-state index contributed by atoms with van der Waals surface area (Å²) in [5.74, 6) is 6.20. The first-order valence-corrected chi connectivity index (χ1v) is 49.2. The number of hydrogen-bond donors (Lipinski definition) is 0. The van der Waals surface area contributed by atoms with Crippen LogP contribution in [0.25, 0.3) is 0 Å². The average Bonchev–Trinajstić information content (AvgIpc) is 0.757. The lowest BCUT2D eigenvalue weighted by Gasteiger charge is -2.41. The predicted octanol–water partition coefficient (Wildman–Crippen LogP) is 30.3. The molecule has 0 unspecified atom stereocenters. The van der Waals surface area contributed by atoms with Crippen molar-refractivity contribution in [1.82, 2.24) is 0 Å². The second kappa shape index (κ2) is 40.8. The third kappa shape index (κ3) is 25.3. The molecule has 12 nitrogen and oxygen atoms in total. The third-order valence-electron chi connectivity index (χ3n) is 24.3. The zero-order valence-electron chi connectivity index (χ0n) is 79.3. The van der Waals surface area contributed by atoms with Gasteiger partial charge in [-0.15, -0.1) is 0 Å². The van der Waals surface area contributed by atoms with Crippen molar-refractivity contribution in [3.8, 4) is 28.7 Å². The maximum atomic E-state index is 6.66. The molecule has 0 amide bonds. The lowest BCUT2D eigenvalue weighted by molar-refractivity contribution is -0.0673. The Morgan fingerprint density at radius 1 is 0.350 bits per heavy atom. The molecular formula is C107H144O12P4. The SMILES string of the molecule is CC(C)(c1ccccc1)c1ccc(OP2OCC3(CO2)COP(Oc2ccc(C(C)(C)c4ccccc4)cc2C(C)(C)c2ccccc2)OC3)c(CCCc2ccccc2)c1.CCC1(C)COP(Oc2c(C(C)(C)C)cc(CC(C)C)cc2C(C)(C)C)OC1.COP1Oc2c(cc(CC(C)C)cc2C(C)(C)C)Cc2cc(CC(C)C)cc(C(C)(C)C)c2O1. The third-order valence-corrected chi connectivity index (χ3v) is 28.4. The minimum Gasteiger partial charge on any atom is -0.426 e.